The van der Waals surface area contributed by atoms with Crippen LogP contribution in [-0.4, -0.2) is 20.1 Å². The van der Waals surface area contributed by atoms with Crippen LogP contribution in [0.5, 0.6) is 0 Å². The lowest BCUT2D eigenvalue weighted by Gasteiger charge is -2.12. The van der Waals surface area contributed by atoms with E-state index in [1.54, 1.807) is 4.68 Å². The van der Waals surface area contributed by atoms with Crippen molar-refractivity contribution < 1.29 is 5.11 Å². The normalized spacial score (nSPS) is 12.7. The van der Waals surface area contributed by atoms with Gasteiger partial charge in [0.25, 0.3) is 0 Å². The summed E-state index contributed by atoms with van der Waals surface area (Å²) in [7, 11) is 1.81. The summed E-state index contributed by atoms with van der Waals surface area (Å²) < 4.78 is 2.65. The zero-order valence-electron chi connectivity index (χ0n) is 9.76. The molecular formula is C12H14BrN3O. The number of hydrogen-bond acceptors (Lipinski definition) is 3. The molecule has 0 bridgehead atoms. The Hall–Kier alpha value is -1.20. The van der Waals surface area contributed by atoms with Crippen molar-refractivity contribution in [3.8, 4) is 0 Å². The second kappa shape index (κ2) is 4.98. The molecule has 1 unspecified atom stereocenters. The van der Waals surface area contributed by atoms with E-state index in [0.717, 1.165) is 21.3 Å². The van der Waals surface area contributed by atoms with Gasteiger partial charge in [-0.25, -0.2) is 0 Å². The van der Waals surface area contributed by atoms with Gasteiger partial charge >= 0.3 is 0 Å². The number of aromatic nitrogens is 3. The highest BCUT2D eigenvalue weighted by atomic mass is 79.9. The van der Waals surface area contributed by atoms with Crippen LogP contribution in [0, 0.1) is 6.92 Å². The molecule has 0 aliphatic heterocycles. The van der Waals surface area contributed by atoms with E-state index in [4.69, 9.17) is 0 Å². The topological polar surface area (TPSA) is 50.9 Å². The molecule has 17 heavy (non-hydrogen) atoms. The third-order valence-electron chi connectivity index (χ3n) is 2.64. The molecule has 1 heterocycles. The van der Waals surface area contributed by atoms with Gasteiger partial charge in [0.1, 0.15) is 0 Å². The minimum atomic E-state index is -0.542. The Morgan fingerprint density at radius 2 is 2.24 bits per heavy atom. The molecule has 0 amide bonds. The first-order valence-corrected chi connectivity index (χ1v) is 6.15. The average Bonchev–Trinajstić information content (AvgIpc) is 2.63. The maximum absolute atomic E-state index is 10.2. The fraction of sp³-hybridized carbons (Fsp3) is 0.333. The molecule has 0 saturated heterocycles. The van der Waals surface area contributed by atoms with Gasteiger partial charge in [0.05, 0.1) is 11.8 Å². The van der Waals surface area contributed by atoms with Crippen molar-refractivity contribution in [2.45, 2.75) is 19.4 Å². The molecule has 0 fully saturated rings. The predicted molar refractivity (Wildman–Crippen MR) is 68.5 cm³/mol. The van der Waals surface area contributed by atoms with Crippen molar-refractivity contribution in [2.75, 3.05) is 0 Å². The van der Waals surface area contributed by atoms with Crippen molar-refractivity contribution in [1.29, 1.82) is 0 Å². The van der Waals surface area contributed by atoms with Crippen LogP contribution >= 0.6 is 15.9 Å². The largest absolute Gasteiger partial charge is 0.388 e. The van der Waals surface area contributed by atoms with E-state index in [1.807, 2.05) is 38.4 Å². The summed E-state index contributed by atoms with van der Waals surface area (Å²) in [6.07, 6.45) is 1.76. The first kappa shape index (κ1) is 12.3. The number of aliphatic hydroxyl groups is 1. The first-order valence-electron chi connectivity index (χ1n) is 5.35. The lowest BCUT2D eigenvalue weighted by Crippen LogP contribution is -2.04. The molecule has 5 heteroatoms. The first-order chi connectivity index (χ1) is 8.06. The molecule has 0 aliphatic carbocycles. The SMILES string of the molecule is Cc1cc(Br)ccc1C(O)Cc1cn(C)nn1. The minimum Gasteiger partial charge on any atom is -0.388 e. The highest BCUT2D eigenvalue weighted by Gasteiger charge is 2.13. The standard InChI is InChI=1S/C12H14BrN3O/c1-8-5-9(13)3-4-11(8)12(17)6-10-7-16(2)15-14-10/h3-5,7,12,17H,6H2,1-2H3. The Morgan fingerprint density at radius 3 is 2.82 bits per heavy atom. The number of rotatable bonds is 3. The fourth-order valence-electron chi connectivity index (χ4n) is 1.81. The number of halogens is 1. The van der Waals surface area contributed by atoms with Gasteiger partial charge in [-0.1, -0.05) is 27.2 Å². The highest BCUT2D eigenvalue weighted by Crippen LogP contribution is 2.23. The number of hydrogen-bond donors (Lipinski definition) is 1. The Labute approximate surface area is 108 Å². The van der Waals surface area contributed by atoms with Crippen molar-refractivity contribution in [2.24, 2.45) is 7.05 Å². The summed E-state index contributed by atoms with van der Waals surface area (Å²) in [5, 5.41) is 18.0. The van der Waals surface area contributed by atoms with E-state index in [2.05, 4.69) is 26.2 Å². The smallest absolute Gasteiger partial charge is 0.0856 e. The van der Waals surface area contributed by atoms with Gasteiger partial charge in [-0.2, -0.15) is 0 Å². The van der Waals surface area contributed by atoms with Crippen LogP contribution in [-0.2, 0) is 13.5 Å². The summed E-state index contributed by atoms with van der Waals surface area (Å²) in [5.41, 5.74) is 2.79. The summed E-state index contributed by atoms with van der Waals surface area (Å²) in [4.78, 5) is 0. The number of aryl methyl sites for hydroxylation is 2. The highest BCUT2D eigenvalue weighted by molar-refractivity contribution is 9.10. The van der Waals surface area contributed by atoms with Gasteiger partial charge in [-0.05, 0) is 30.2 Å². The predicted octanol–water partition coefficient (Wildman–Crippen LogP) is 2.16. The molecule has 2 aromatic rings. The maximum atomic E-state index is 10.2. The van der Waals surface area contributed by atoms with E-state index in [-0.39, 0.29) is 0 Å². The third kappa shape index (κ3) is 2.92. The van der Waals surface area contributed by atoms with Gasteiger partial charge in [0.2, 0.25) is 0 Å². The Morgan fingerprint density at radius 1 is 1.47 bits per heavy atom. The van der Waals surface area contributed by atoms with Crippen molar-refractivity contribution in [3.05, 3.63) is 45.7 Å². The van der Waals surface area contributed by atoms with Crippen LogP contribution in [0.3, 0.4) is 0 Å². The molecule has 0 spiro atoms. The molecule has 0 aliphatic rings. The summed E-state index contributed by atoms with van der Waals surface area (Å²) in [6, 6.07) is 5.86. The quantitative estimate of drug-likeness (QED) is 0.944. The molecule has 1 N–H and O–H groups in total. The van der Waals surface area contributed by atoms with Crippen LogP contribution in [0.4, 0.5) is 0 Å². The average molecular weight is 296 g/mol. The zero-order valence-corrected chi connectivity index (χ0v) is 11.3. The van der Waals surface area contributed by atoms with Gasteiger partial charge in [0, 0.05) is 24.1 Å². The van der Waals surface area contributed by atoms with E-state index >= 15 is 0 Å². The fourth-order valence-corrected chi connectivity index (χ4v) is 2.29. The second-order valence-electron chi connectivity index (χ2n) is 4.10. The summed E-state index contributed by atoms with van der Waals surface area (Å²) >= 11 is 3.41. The number of aliphatic hydroxyl groups excluding tert-OH is 1. The molecule has 0 saturated carbocycles. The number of nitrogens with zero attached hydrogens (tertiary/aromatic N) is 3. The monoisotopic (exact) mass is 295 g/mol. The summed E-state index contributed by atoms with van der Waals surface area (Å²) in [6.45, 7) is 1.99. The zero-order chi connectivity index (χ0) is 12.4. The van der Waals surface area contributed by atoms with Crippen LogP contribution in [0.2, 0.25) is 0 Å². The Kier molecular flexibility index (Phi) is 3.59. The molecule has 1 aromatic heterocycles. The van der Waals surface area contributed by atoms with Gasteiger partial charge < -0.3 is 5.11 Å². The van der Waals surface area contributed by atoms with E-state index < -0.39 is 6.10 Å². The van der Waals surface area contributed by atoms with Gasteiger partial charge in [-0.3, -0.25) is 4.68 Å². The van der Waals surface area contributed by atoms with E-state index in [1.165, 1.54) is 0 Å². The third-order valence-corrected chi connectivity index (χ3v) is 3.14. The molecule has 1 aromatic carbocycles. The van der Waals surface area contributed by atoms with E-state index in [0.29, 0.717) is 6.42 Å². The van der Waals surface area contributed by atoms with Crippen LogP contribution in [0.25, 0.3) is 0 Å². The van der Waals surface area contributed by atoms with E-state index in [9.17, 15) is 5.11 Å². The molecule has 90 valence electrons. The Balaban J connectivity index is 2.17. The number of benzene rings is 1. The van der Waals surface area contributed by atoms with Gasteiger partial charge in [0.15, 0.2) is 0 Å². The van der Waals surface area contributed by atoms with Crippen molar-refractivity contribution >= 4 is 15.9 Å². The molecule has 0 radical (unpaired) electrons. The molecule has 2 rings (SSSR count). The van der Waals surface area contributed by atoms with Gasteiger partial charge in [-0.15, -0.1) is 5.10 Å². The van der Waals surface area contributed by atoms with Crippen LogP contribution in [0.15, 0.2) is 28.9 Å². The molecule has 4 nitrogen and oxygen atoms in total. The molecular weight excluding hydrogens is 282 g/mol. The van der Waals surface area contributed by atoms with Crippen molar-refractivity contribution in [3.63, 3.8) is 0 Å². The molecule has 1 atom stereocenters. The van der Waals surface area contributed by atoms with Crippen LogP contribution in [0.1, 0.15) is 22.9 Å². The lowest BCUT2D eigenvalue weighted by atomic mass is 10.0. The second-order valence-corrected chi connectivity index (χ2v) is 5.02. The van der Waals surface area contributed by atoms with Crippen LogP contribution < -0.4 is 0 Å². The maximum Gasteiger partial charge on any atom is 0.0856 e. The minimum absolute atomic E-state index is 0.482. The summed E-state index contributed by atoms with van der Waals surface area (Å²) in [5.74, 6) is 0. The van der Waals surface area contributed by atoms with Crippen molar-refractivity contribution in [1.82, 2.24) is 15.0 Å². The Bertz CT molecular complexity index is 524. The lowest BCUT2D eigenvalue weighted by molar-refractivity contribution is 0.176.